The molecule has 1 unspecified atom stereocenters. The van der Waals surface area contributed by atoms with Crippen LogP contribution < -0.4 is 5.32 Å². The maximum absolute atomic E-state index is 12.4. The second kappa shape index (κ2) is 8.34. The highest BCUT2D eigenvalue weighted by Crippen LogP contribution is 2.25. The van der Waals surface area contributed by atoms with Crippen molar-refractivity contribution < 1.29 is 18.3 Å². The van der Waals surface area contributed by atoms with Crippen LogP contribution in [0, 0.1) is 0 Å². The first kappa shape index (κ1) is 18.7. The molecule has 0 aliphatic heterocycles. The minimum atomic E-state index is -4.12. The van der Waals surface area contributed by atoms with Crippen molar-refractivity contribution in [3.8, 4) is 0 Å². The van der Waals surface area contributed by atoms with E-state index in [2.05, 4.69) is 5.32 Å². The SMILES string of the molecule is CCCN(CCCCC(C)(CO)NC1CC1)CC(F)(F)F. The molecule has 0 bridgehead atoms. The van der Waals surface area contributed by atoms with Gasteiger partial charge in [0.1, 0.15) is 0 Å². The Labute approximate surface area is 125 Å². The lowest BCUT2D eigenvalue weighted by Gasteiger charge is -2.29. The van der Waals surface area contributed by atoms with Crippen LogP contribution in [0.1, 0.15) is 52.4 Å². The Hall–Kier alpha value is -0.330. The van der Waals surface area contributed by atoms with Crippen molar-refractivity contribution in [3.05, 3.63) is 0 Å². The van der Waals surface area contributed by atoms with Crippen molar-refractivity contribution in [3.63, 3.8) is 0 Å². The van der Waals surface area contributed by atoms with Gasteiger partial charge in [-0.15, -0.1) is 0 Å². The number of nitrogens with one attached hydrogen (secondary N) is 1. The van der Waals surface area contributed by atoms with E-state index in [-0.39, 0.29) is 12.1 Å². The molecule has 0 aromatic carbocycles. The summed E-state index contributed by atoms with van der Waals surface area (Å²) in [5.74, 6) is 0. The Balaban J connectivity index is 2.25. The first-order chi connectivity index (χ1) is 9.78. The maximum Gasteiger partial charge on any atom is 0.401 e. The van der Waals surface area contributed by atoms with Crippen LogP contribution >= 0.6 is 0 Å². The van der Waals surface area contributed by atoms with Gasteiger partial charge in [0.2, 0.25) is 0 Å². The van der Waals surface area contributed by atoms with Gasteiger partial charge >= 0.3 is 6.18 Å². The largest absolute Gasteiger partial charge is 0.401 e. The zero-order chi connectivity index (χ0) is 15.9. The average Bonchev–Trinajstić information content (AvgIpc) is 3.17. The Kier molecular flexibility index (Phi) is 7.44. The number of unbranched alkanes of at least 4 members (excludes halogenated alkanes) is 1. The molecule has 1 saturated carbocycles. The zero-order valence-corrected chi connectivity index (χ0v) is 13.2. The lowest BCUT2D eigenvalue weighted by Crippen LogP contribution is -2.47. The molecule has 0 aromatic rings. The summed E-state index contributed by atoms with van der Waals surface area (Å²) in [6, 6.07) is 0.518. The van der Waals surface area contributed by atoms with Gasteiger partial charge in [0, 0.05) is 11.6 Å². The summed E-state index contributed by atoms with van der Waals surface area (Å²) in [5.41, 5.74) is -0.291. The highest BCUT2D eigenvalue weighted by atomic mass is 19.4. The van der Waals surface area contributed by atoms with Gasteiger partial charge in [0.25, 0.3) is 0 Å². The van der Waals surface area contributed by atoms with E-state index >= 15 is 0 Å². The van der Waals surface area contributed by atoms with Crippen LogP contribution in [0.4, 0.5) is 13.2 Å². The minimum absolute atomic E-state index is 0.0741. The van der Waals surface area contributed by atoms with E-state index in [1.54, 1.807) is 0 Å². The normalized spacial score (nSPS) is 19.0. The second-order valence-electron chi connectivity index (χ2n) is 6.49. The van der Waals surface area contributed by atoms with E-state index in [4.69, 9.17) is 0 Å². The van der Waals surface area contributed by atoms with E-state index in [1.165, 1.54) is 4.90 Å². The Morgan fingerprint density at radius 3 is 2.33 bits per heavy atom. The van der Waals surface area contributed by atoms with Gasteiger partial charge in [-0.2, -0.15) is 13.2 Å². The number of hydrogen-bond donors (Lipinski definition) is 2. The summed E-state index contributed by atoms with van der Waals surface area (Å²) < 4.78 is 37.3. The molecule has 0 radical (unpaired) electrons. The predicted octanol–water partition coefficient (Wildman–Crippen LogP) is 2.93. The third-order valence-corrected chi connectivity index (χ3v) is 3.87. The molecule has 1 rings (SSSR count). The summed E-state index contributed by atoms with van der Waals surface area (Å²) in [4.78, 5) is 1.48. The molecule has 21 heavy (non-hydrogen) atoms. The van der Waals surface area contributed by atoms with Crippen molar-refractivity contribution in [2.24, 2.45) is 0 Å². The fourth-order valence-electron chi connectivity index (χ4n) is 2.61. The standard InChI is InChI=1S/C15H29F3N2O/c1-3-9-20(11-15(16,17)18)10-5-4-8-14(2,12-21)19-13-6-7-13/h13,19,21H,3-12H2,1-2H3. The molecule has 0 amide bonds. The van der Waals surface area contributed by atoms with E-state index in [0.717, 1.165) is 38.5 Å². The van der Waals surface area contributed by atoms with Crippen LogP contribution in [-0.2, 0) is 0 Å². The van der Waals surface area contributed by atoms with E-state index < -0.39 is 12.7 Å². The summed E-state index contributed by atoms with van der Waals surface area (Å²) in [6.07, 6.45) is 1.28. The number of nitrogens with zero attached hydrogens (tertiary/aromatic N) is 1. The lowest BCUT2D eigenvalue weighted by atomic mass is 9.95. The summed E-state index contributed by atoms with van der Waals surface area (Å²) in [7, 11) is 0. The van der Waals surface area contributed by atoms with Gasteiger partial charge < -0.3 is 10.4 Å². The zero-order valence-electron chi connectivity index (χ0n) is 13.2. The van der Waals surface area contributed by atoms with E-state index in [1.807, 2.05) is 13.8 Å². The van der Waals surface area contributed by atoms with Crippen molar-refractivity contribution in [1.29, 1.82) is 0 Å². The lowest BCUT2D eigenvalue weighted by molar-refractivity contribution is -0.146. The Bertz CT molecular complexity index is 295. The monoisotopic (exact) mass is 310 g/mol. The molecule has 0 aromatic heterocycles. The first-order valence-electron chi connectivity index (χ1n) is 7.95. The van der Waals surface area contributed by atoms with Crippen molar-refractivity contribution in [1.82, 2.24) is 10.2 Å². The third kappa shape index (κ3) is 8.63. The predicted molar refractivity (Wildman–Crippen MR) is 78.3 cm³/mol. The Morgan fingerprint density at radius 1 is 1.19 bits per heavy atom. The van der Waals surface area contributed by atoms with Crippen molar-refractivity contribution >= 4 is 0 Å². The minimum Gasteiger partial charge on any atom is -0.394 e. The molecule has 2 N–H and O–H groups in total. The van der Waals surface area contributed by atoms with Crippen LogP contribution in [0.3, 0.4) is 0 Å². The molecule has 3 nitrogen and oxygen atoms in total. The van der Waals surface area contributed by atoms with Gasteiger partial charge in [-0.3, -0.25) is 4.90 Å². The molecule has 0 saturated heterocycles. The third-order valence-electron chi connectivity index (χ3n) is 3.87. The summed E-state index contributed by atoms with van der Waals surface area (Å²) in [6.45, 7) is 4.09. The number of hydrogen-bond acceptors (Lipinski definition) is 3. The summed E-state index contributed by atoms with van der Waals surface area (Å²) in [5, 5.41) is 12.9. The molecule has 1 atom stereocenters. The molecule has 1 aliphatic rings. The summed E-state index contributed by atoms with van der Waals surface area (Å²) >= 11 is 0. The van der Waals surface area contributed by atoms with Crippen LogP contribution in [0.15, 0.2) is 0 Å². The molecule has 0 heterocycles. The van der Waals surface area contributed by atoms with Crippen LogP contribution in [0.25, 0.3) is 0 Å². The van der Waals surface area contributed by atoms with Gasteiger partial charge in [-0.25, -0.2) is 0 Å². The second-order valence-corrected chi connectivity index (χ2v) is 6.49. The van der Waals surface area contributed by atoms with Crippen LogP contribution in [0.5, 0.6) is 0 Å². The number of rotatable bonds is 11. The van der Waals surface area contributed by atoms with Crippen molar-refractivity contribution in [2.75, 3.05) is 26.2 Å². The Morgan fingerprint density at radius 2 is 1.86 bits per heavy atom. The topological polar surface area (TPSA) is 35.5 Å². The average molecular weight is 310 g/mol. The fourth-order valence-corrected chi connectivity index (χ4v) is 2.61. The van der Waals surface area contributed by atoms with Crippen LogP contribution in [-0.4, -0.2) is 54.0 Å². The quantitative estimate of drug-likeness (QED) is 0.576. The molecular weight excluding hydrogens is 281 g/mol. The molecule has 6 heteroatoms. The molecule has 126 valence electrons. The number of aliphatic hydroxyl groups excluding tert-OH is 1. The highest BCUT2D eigenvalue weighted by Gasteiger charge is 2.32. The van der Waals surface area contributed by atoms with Crippen molar-refractivity contribution in [2.45, 2.75) is 70.1 Å². The van der Waals surface area contributed by atoms with Gasteiger partial charge in [-0.1, -0.05) is 13.3 Å². The smallest absolute Gasteiger partial charge is 0.394 e. The molecule has 1 aliphatic carbocycles. The number of aliphatic hydroxyl groups is 1. The van der Waals surface area contributed by atoms with Gasteiger partial charge in [0.05, 0.1) is 13.2 Å². The van der Waals surface area contributed by atoms with Crippen LogP contribution in [0.2, 0.25) is 0 Å². The van der Waals surface area contributed by atoms with E-state index in [0.29, 0.717) is 19.1 Å². The molecule has 0 spiro atoms. The molecule has 1 fully saturated rings. The first-order valence-corrected chi connectivity index (χ1v) is 7.95. The fraction of sp³-hybridized carbons (Fsp3) is 1.00. The van der Waals surface area contributed by atoms with E-state index in [9.17, 15) is 18.3 Å². The maximum atomic E-state index is 12.4. The number of alkyl halides is 3. The van der Waals surface area contributed by atoms with Gasteiger partial charge in [-0.05, 0) is 52.1 Å². The highest BCUT2D eigenvalue weighted by molar-refractivity contribution is 4.92. The van der Waals surface area contributed by atoms with Gasteiger partial charge in [0.15, 0.2) is 0 Å². The number of halogens is 3. The molecular formula is C15H29F3N2O.